The van der Waals surface area contributed by atoms with Crippen LogP contribution in [0.2, 0.25) is 0 Å². The molecule has 2 unspecified atom stereocenters. The minimum atomic E-state index is -0.939. The van der Waals surface area contributed by atoms with Crippen molar-refractivity contribution in [2.75, 3.05) is 0 Å². The second-order valence-electron chi connectivity index (χ2n) is 30.9. The summed E-state index contributed by atoms with van der Waals surface area (Å²) in [6.07, 6.45) is 63.3. The lowest BCUT2D eigenvalue weighted by molar-refractivity contribution is -0.672. The highest BCUT2D eigenvalue weighted by molar-refractivity contribution is 5.79. The SMILES string of the molecule is C[n+]1ccc(-c2ccncc2)cc1.C[n+]1ccc(/C=C/c2ccncc2)cc1.C[n+]1ccc(C#N)c(C#N)c1.C[n+]1ccc(C(O)C(O)c2ccncc2)cc1.C[n+]1ccc(CCCc2ccncc2)cc1.C[n+]1ccc(CCc2ccncc2)cc1.C[n+]1cccc(/C=C/[N+](=O)[O-])c1.C[n+]1cccc2ccccc21.Cc1cc(C#N)c[n+](C)c1.Cc1cc[n+](C)c2ccccc12. The van der Waals surface area contributed by atoms with Crippen LogP contribution in [-0.2, 0) is 96.2 Å². The van der Waals surface area contributed by atoms with E-state index in [-0.39, 0.29) is 0 Å². The Bertz CT molecular complexity index is 6460. The molecular weight excluding hydrogens is 1640 g/mol. The van der Waals surface area contributed by atoms with Crippen molar-refractivity contribution in [3.8, 4) is 29.3 Å². The van der Waals surface area contributed by atoms with Gasteiger partial charge in [-0.1, -0.05) is 36.4 Å². The highest BCUT2D eigenvalue weighted by atomic mass is 16.6. The van der Waals surface area contributed by atoms with Gasteiger partial charge in [0.15, 0.2) is 112 Å². The minimum Gasteiger partial charge on any atom is -0.385 e. The lowest BCUT2D eigenvalue weighted by Gasteiger charge is -2.17. The number of rotatable bonds is 15. The first-order valence-electron chi connectivity index (χ1n) is 42.8. The molecule has 17 rings (SSSR count). The summed E-state index contributed by atoms with van der Waals surface area (Å²) >= 11 is 0. The topological polar surface area (TPSA) is 258 Å². The number of aryl methyl sites for hydroxylation is 16. The van der Waals surface area contributed by atoms with E-state index < -0.39 is 17.1 Å². The molecule has 17 aromatic rings. The Balaban J connectivity index is 0.000000181. The lowest BCUT2D eigenvalue weighted by Crippen LogP contribution is -2.28. The van der Waals surface area contributed by atoms with Gasteiger partial charge in [0.05, 0.1) is 10.5 Å². The molecule has 0 fully saturated rings. The molecule has 0 aliphatic carbocycles. The molecule has 23 heteroatoms. The van der Waals surface area contributed by atoms with Gasteiger partial charge in [0.2, 0.25) is 17.2 Å². The summed E-state index contributed by atoms with van der Waals surface area (Å²) < 4.78 is 19.7. The molecule has 2 N–H and O–H groups in total. The fraction of sp³-hybridized carbons (Fsp3) is 0.174. The molecule has 2 atom stereocenters. The molecule has 15 heterocycles. The number of hydrogen-bond acceptors (Lipinski definition) is 12. The van der Waals surface area contributed by atoms with Gasteiger partial charge in [0, 0.05) is 187 Å². The molecule has 0 amide bonds. The van der Waals surface area contributed by atoms with Gasteiger partial charge in [0.25, 0.3) is 0 Å². The first-order chi connectivity index (χ1) is 63.9. The van der Waals surface area contributed by atoms with Crippen molar-refractivity contribution in [3.05, 3.63) is 480 Å². The third-order valence-electron chi connectivity index (χ3n) is 20.2. The fourth-order valence-electron chi connectivity index (χ4n) is 12.9. The first kappa shape index (κ1) is 101. The van der Waals surface area contributed by atoms with E-state index >= 15 is 0 Å². The maximum atomic E-state index is 10.1. The molecule has 0 aliphatic heterocycles. The van der Waals surface area contributed by atoms with Crippen LogP contribution in [0.1, 0.15) is 96.5 Å². The Labute approximate surface area is 775 Å². The number of aliphatic hydroxyl groups excluding tert-OH is 2. The Morgan fingerprint density at radius 3 is 1.29 bits per heavy atom. The van der Waals surface area contributed by atoms with Gasteiger partial charge in [-0.2, -0.15) is 15.8 Å². The number of fused-ring (bicyclic) bond motifs is 2. The highest BCUT2D eigenvalue weighted by Crippen LogP contribution is 2.28. The van der Waals surface area contributed by atoms with Gasteiger partial charge in [-0.15, -0.1) is 0 Å². The van der Waals surface area contributed by atoms with Crippen LogP contribution in [-0.4, -0.2) is 40.1 Å². The van der Waals surface area contributed by atoms with Gasteiger partial charge < -0.3 is 10.2 Å². The van der Waals surface area contributed by atoms with Crippen LogP contribution in [0, 0.1) is 58.0 Å². The van der Waals surface area contributed by atoms with Crippen LogP contribution < -0.4 is 45.7 Å². The predicted molar refractivity (Wildman–Crippen MR) is 509 cm³/mol. The van der Waals surface area contributed by atoms with Crippen molar-refractivity contribution < 1.29 is 60.8 Å². The maximum absolute atomic E-state index is 10.1. The average Bonchev–Trinajstić information content (AvgIpc) is 0.833. The molecular formula is C109H117N19O4+10. The highest BCUT2D eigenvalue weighted by Gasteiger charge is 2.21. The second kappa shape index (κ2) is 55.8. The molecule has 0 aliphatic rings. The van der Waals surface area contributed by atoms with Crippen molar-refractivity contribution in [3.63, 3.8) is 0 Å². The smallest absolute Gasteiger partial charge is 0.235 e. The molecule has 0 saturated carbocycles. The normalized spacial score (nSPS) is 10.6. The largest absolute Gasteiger partial charge is 0.385 e. The zero-order valence-corrected chi connectivity index (χ0v) is 77.1. The Kier molecular flexibility index (Phi) is 42.7. The number of nitriles is 3. The zero-order valence-electron chi connectivity index (χ0n) is 77.1. The number of hydrogen-bond donors (Lipinski definition) is 2. The van der Waals surface area contributed by atoms with E-state index in [9.17, 15) is 20.3 Å². The van der Waals surface area contributed by atoms with Crippen LogP contribution in [0.3, 0.4) is 0 Å². The summed E-state index contributed by atoms with van der Waals surface area (Å²) in [4.78, 5) is 29.4. The van der Waals surface area contributed by atoms with E-state index in [4.69, 9.17) is 15.8 Å². The van der Waals surface area contributed by atoms with Crippen LogP contribution in [0.15, 0.2) is 392 Å². The van der Waals surface area contributed by atoms with E-state index in [1.165, 1.54) is 84.4 Å². The number of aliphatic hydroxyl groups is 2. The second-order valence-corrected chi connectivity index (χ2v) is 30.9. The van der Waals surface area contributed by atoms with E-state index in [0.29, 0.717) is 27.8 Å². The molecule has 23 nitrogen and oxygen atoms in total. The number of pyridine rings is 15. The number of aromatic nitrogens is 15. The number of nitro groups is 1. The molecule has 2 aromatic carbocycles. The van der Waals surface area contributed by atoms with Crippen molar-refractivity contribution in [2.45, 2.75) is 58.2 Å². The molecule has 0 saturated heterocycles. The Morgan fingerprint density at radius 1 is 0.356 bits per heavy atom. The number of benzene rings is 2. The predicted octanol–water partition coefficient (Wildman–Crippen LogP) is 13.4. The molecule has 132 heavy (non-hydrogen) atoms. The molecule has 0 spiro atoms. The van der Waals surface area contributed by atoms with Gasteiger partial charge in [-0.3, -0.25) is 35.0 Å². The standard InChI is InChI=1S/C14H17N2.C13H15N2O2.C13H15N2.C13H13N2.C11H11N2.C11H12N.C10H10N.C8H6N3.C8H9N2O2.C8H9N2/c1-16-11-7-14(8-12-16)4-2-3-13-5-9-15-10-6-13;1-15-8-4-11(5-9-15)13(17)12(16)10-2-6-14-7-3-10;2*1-15-10-6-13(7-11-15)3-2-12-4-8-14-9-5-12;1-13-8-4-11(5-9-13)10-2-6-12-7-3-10;1-9-7-8-12(2)11-6-4-3-5-10(9)11;1-11-8-4-6-9-5-2-3-7-10(9)11;1-11-3-2-7(4-9)8(5-10)6-11;1-9-5-2-3-8(7-9)4-6-10(11)12;1-7-3-8(4-9)6-10(2)5-7/h5-12H,2-4H2,1H3;2-9,12-13,16-17H,1H3;4-11H,2-3H2,1H3;2-11H,1H3;2-9H,1H3;3-8H,1-2H3;2-8H,1H3;2-3,6H,1H3;2-7H,1H3;3,5-6H,1-2H3/q10*+1/b;;;3-2+;;;;;6-4+;. The van der Waals surface area contributed by atoms with Gasteiger partial charge in [-0.05, 0) is 198 Å². The lowest BCUT2D eigenvalue weighted by atomic mass is 10.0. The average molecular weight is 1760 g/mol. The summed E-state index contributed by atoms with van der Waals surface area (Å²) in [5, 5.41) is 58.3. The number of para-hydroxylation sites is 2. The molecule has 15 aromatic heterocycles. The Morgan fingerprint density at radius 2 is 0.773 bits per heavy atom. The number of nitrogens with zero attached hydrogens (tertiary/aromatic N) is 19. The van der Waals surface area contributed by atoms with Gasteiger partial charge in [-0.25, -0.2) is 45.7 Å². The first-order valence-corrected chi connectivity index (χ1v) is 42.8. The summed E-state index contributed by atoms with van der Waals surface area (Å²) in [5.74, 6) is 0. The van der Waals surface area contributed by atoms with E-state index in [1.54, 1.807) is 90.5 Å². The van der Waals surface area contributed by atoms with Crippen LogP contribution in [0.25, 0.3) is 51.2 Å². The summed E-state index contributed by atoms with van der Waals surface area (Å²) in [7, 11) is 19.7. The van der Waals surface area contributed by atoms with Crippen molar-refractivity contribution >= 4 is 40.0 Å². The van der Waals surface area contributed by atoms with Gasteiger partial charge >= 0.3 is 0 Å². The van der Waals surface area contributed by atoms with E-state index in [0.717, 1.165) is 43.0 Å². The summed E-state index contributed by atoms with van der Waals surface area (Å²) in [5.41, 5.74) is 19.0. The summed E-state index contributed by atoms with van der Waals surface area (Å²) in [6, 6.07) is 76.5. The van der Waals surface area contributed by atoms with E-state index in [2.05, 4.69) is 259 Å². The summed E-state index contributed by atoms with van der Waals surface area (Å²) in [6.45, 7) is 4.11. The minimum absolute atomic E-state index is 0.414. The van der Waals surface area contributed by atoms with Crippen LogP contribution >= 0.6 is 0 Å². The zero-order chi connectivity index (χ0) is 94.6. The van der Waals surface area contributed by atoms with Crippen LogP contribution in [0.4, 0.5) is 0 Å². The molecule has 0 radical (unpaired) electrons. The molecule has 0 bridgehead atoms. The van der Waals surface area contributed by atoms with Crippen molar-refractivity contribution in [1.29, 1.82) is 15.8 Å². The quantitative estimate of drug-likeness (QED) is 0.0552. The third kappa shape index (κ3) is 37.2. The van der Waals surface area contributed by atoms with Crippen molar-refractivity contribution in [2.24, 2.45) is 70.5 Å². The van der Waals surface area contributed by atoms with Gasteiger partial charge in [0.1, 0.15) is 112 Å². The van der Waals surface area contributed by atoms with Crippen LogP contribution in [0.5, 0.6) is 0 Å². The third-order valence-corrected chi connectivity index (χ3v) is 20.2. The maximum Gasteiger partial charge on any atom is 0.235 e. The monoisotopic (exact) mass is 1760 g/mol. The Hall–Kier alpha value is -16.5. The molecule has 662 valence electrons. The fourth-order valence-corrected chi connectivity index (χ4v) is 12.9. The van der Waals surface area contributed by atoms with E-state index in [1.807, 2.05) is 221 Å². The van der Waals surface area contributed by atoms with Crippen molar-refractivity contribution in [1.82, 2.24) is 24.9 Å².